The van der Waals surface area contributed by atoms with Crippen molar-refractivity contribution >= 4 is 5.91 Å². The Kier molecular flexibility index (Phi) is 6.45. The molecule has 5 heteroatoms. The predicted molar refractivity (Wildman–Crippen MR) is 97.2 cm³/mol. The quantitative estimate of drug-likeness (QED) is 0.824. The van der Waals surface area contributed by atoms with Crippen LogP contribution >= 0.6 is 0 Å². The van der Waals surface area contributed by atoms with Crippen molar-refractivity contribution in [3.63, 3.8) is 0 Å². The first-order valence-electron chi connectivity index (χ1n) is 9.38. The fourth-order valence-electron chi connectivity index (χ4n) is 4.23. The summed E-state index contributed by atoms with van der Waals surface area (Å²) in [7, 11) is 1.70. The highest BCUT2D eigenvalue weighted by Crippen LogP contribution is 2.38. The van der Waals surface area contributed by atoms with Gasteiger partial charge in [-0.15, -0.1) is 0 Å². The first-order valence-corrected chi connectivity index (χ1v) is 9.38. The molecule has 1 aliphatic heterocycles. The molecule has 1 aliphatic carbocycles. The van der Waals surface area contributed by atoms with E-state index >= 15 is 0 Å². The predicted octanol–water partition coefficient (Wildman–Crippen LogP) is 2.48. The molecule has 25 heavy (non-hydrogen) atoms. The fourth-order valence-corrected chi connectivity index (χ4v) is 4.23. The Morgan fingerprint density at radius 1 is 1.24 bits per heavy atom. The number of carbonyl (C=O) groups excluding carboxylic acids is 1. The lowest BCUT2D eigenvalue weighted by atomic mass is 9.90. The summed E-state index contributed by atoms with van der Waals surface area (Å²) >= 11 is 0. The van der Waals surface area contributed by atoms with Crippen molar-refractivity contribution in [2.45, 2.75) is 50.8 Å². The van der Waals surface area contributed by atoms with Crippen LogP contribution in [0.15, 0.2) is 24.3 Å². The van der Waals surface area contributed by atoms with Gasteiger partial charge in [0.05, 0.1) is 19.8 Å². The second kappa shape index (κ2) is 8.79. The van der Waals surface area contributed by atoms with Crippen LogP contribution in [0.3, 0.4) is 0 Å². The second-order valence-electron chi connectivity index (χ2n) is 7.24. The monoisotopic (exact) mass is 346 g/mol. The van der Waals surface area contributed by atoms with Gasteiger partial charge >= 0.3 is 0 Å². The Morgan fingerprint density at radius 3 is 2.68 bits per heavy atom. The Balaban J connectivity index is 1.56. The van der Waals surface area contributed by atoms with Gasteiger partial charge in [0.1, 0.15) is 0 Å². The number of hydrogen-bond acceptors (Lipinski definition) is 4. The van der Waals surface area contributed by atoms with Crippen LogP contribution < -0.4 is 5.32 Å². The number of amides is 1. The average molecular weight is 346 g/mol. The van der Waals surface area contributed by atoms with E-state index < -0.39 is 0 Å². The van der Waals surface area contributed by atoms with Crippen LogP contribution in [-0.2, 0) is 27.4 Å². The Hall–Kier alpha value is -1.43. The van der Waals surface area contributed by atoms with Gasteiger partial charge in [-0.25, -0.2) is 0 Å². The van der Waals surface area contributed by atoms with Gasteiger partial charge in [-0.3, -0.25) is 9.69 Å². The molecule has 1 aromatic carbocycles. The summed E-state index contributed by atoms with van der Waals surface area (Å²) in [5.74, 6) is 0.158. The normalized spacial score (nSPS) is 20.5. The molecule has 0 aromatic heterocycles. The van der Waals surface area contributed by atoms with Crippen LogP contribution in [0, 0.1) is 0 Å². The number of rotatable bonds is 7. The molecule has 0 spiro atoms. The minimum Gasteiger partial charge on any atom is -0.380 e. The van der Waals surface area contributed by atoms with Gasteiger partial charge in [-0.1, -0.05) is 37.1 Å². The molecule has 3 rings (SSSR count). The van der Waals surface area contributed by atoms with Crippen LogP contribution in [0.5, 0.6) is 0 Å². The second-order valence-corrected chi connectivity index (χ2v) is 7.24. The van der Waals surface area contributed by atoms with Gasteiger partial charge in [-0.2, -0.15) is 0 Å². The molecule has 0 radical (unpaired) electrons. The fraction of sp³-hybridized carbons (Fsp3) is 0.650. The number of ether oxygens (including phenoxy) is 2. The molecule has 1 N–H and O–H groups in total. The van der Waals surface area contributed by atoms with Gasteiger partial charge in [0, 0.05) is 38.7 Å². The maximum absolute atomic E-state index is 12.6. The van der Waals surface area contributed by atoms with Crippen LogP contribution in [0.1, 0.15) is 43.2 Å². The summed E-state index contributed by atoms with van der Waals surface area (Å²) in [4.78, 5) is 15.1. The van der Waals surface area contributed by atoms with Crippen molar-refractivity contribution in [1.29, 1.82) is 0 Å². The smallest absolute Gasteiger partial charge is 0.222 e. The third kappa shape index (κ3) is 4.81. The standard InChI is InChI=1S/C20H30N2O3/c1-24-16-18-6-4-5-17(13-18)15-21-19(23)14-20(7-2-3-8-20)22-9-11-25-12-10-22/h4-6,13H,2-3,7-12,14-16H2,1H3,(H,21,23). The van der Waals surface area contributed by atoms with Crippen LogP contribution in [0.25, 0.3) is 0 Å². The van der Waals surface area contributed by atoms with E-state index in [2.05, 4.69) is 16.3 Å². The molecular formula is C20H30N2O3. The molecule has 1 saturated carbocycles. The molecule has 1 saturated heterocycles. The molecule has 0 atom stereocenters. The lowest BCUT2D eigenvalue weighted by Gasteiger charge is -2.43. The Labute approximate surface area is 150 Å². The van der Waals surface area contributed by atoms with Crippen molar-refractivity contribution in [3.05, 3.63) is 35.4 Å². The SMILES string of the molecule is COCc1cccc(CNC(=O)CC2(N3CCOCC3)CCCC2)c1. The van der Waals surface area contributed by atoms with E-state index in [0.717, 1.165) is 50.3 Å². The first-order chi connectivity index (χ1) is 12.2. The average Bonchev–Trinajstić information content (AvgIpc) is 3.11. The van der Waals surface area contributed by atoms with Crippen LogP contribution in [0.4, 0.5) is 0 Å². The van der Waals surface area contributed by atoms with E-state index in [1.807, 2.05) is 18.2 Å². The molecular weight excluding hydrogens is 316 g/mol. The number of carbonyl (C=O) groups is 1. The van der Waals surface area contributed by atoms with E-state index in [1.54, 1.807) is 7.11 Å². The number of nitrogens with one attached hydrogen (secondary N) is 1. The molecule has 1 aromatic rings. The van der Waals surface area contributed by atoms with Gasteiger partial charge < -0.3 is 14.8 Å². The lowest BCUT2D eigenvalue weighted by molar-refractivity contribution is -0.125. The molecule has 5 nitrogen and oxygen atoms in total. The third-order valence-electron chi connectivity index (χ3n) is 5.50. The van der Waals surface area contributed by atoms with E-state index in [4.69, 9.17) is 9.47 Å². The minimum absolute atomic E-state index is 0.0474. The van der Waals surface area contributed by atoms with E-state index in [0.29, 0.717) is 19.6 Å². The summed E-state index contributed by atoms with van der Waals surface area (Å²) in [5, 5.41) is 3.12. The van der Waals surface area contributed by atoms with Gasteiger partial charge in [-0.05, 0) is 24.0 Å². The Morgan fingerprint density at radius 2 is 1.96 bits per heavy atom. The molecule has 2 aliphatic rings. The number of nitrogens with zero attached hydrogens (tertiary/aromatic N) is 1. The zero-order valence-electron chi connectivity index (χ0n) is 15.3. The summed E-state index contributed by atoms with van der Waals surface area (Å²) in [6.45, 7) is 4.65. The lowest BCUT2D eigenvalue weighted by Crippen LogP contribution is -2.53. The zero-order chi connectivity index (χ0) is 17.5. The van der Waals surface area contributed by atoms with Crippen molar-refractivity contribution in [2.75, 3.05) is 33.4 Å². The highest BCUT2D eigenvalue weighted by Gasteiger charge is 2.41. The molecule has 138 valence electrons. The van der Waals surface area contributed by atoms with Crippen molar-refractivity contribution in [3.8, 4) is 0 Å². The van der Waals surface area contributed by atoms with Gasteiger partial charge in [0.15, 0.2) is 0 Å². The van der Waals surface area contributed by atoms with Crippen molar-refractivity contribution in [2.24, 2.45) is 0 Å². The first kappa shape index (κ1) is 18.4. The number of hydrogen-bond donors (Lipinski definition) is 1. The maximum atomic E-state index is 12.6. The topological polar surface area (TPSA) is 50.8 Å². The molecule has 0 bridgehead atoms. The zero-order valence-corrected chi connectivity index (χ0v) is 15.3. The highest BCUT2D eigenvalue weighted by molar-refractivity contribution is 5.77. The summed E-state index contributed by atoms with van der Waals surface area (Å²) < 4.78 is 10.7. The van der Waals surface area contributed by atoms with Crippen LogP contribution in [-0.4, -0.2) is 49.8 Å². The van der Waals surface area contributed by atoms with Crippen LogP contribution in [0.2, 0.25) is 0 Å². The molecule has 1 heterocycles. The summed E-state index contributed by atoms with van der Waals surface area (Å²) in [6.07, 6.45) is 5.31. The number of benzene rings is 1. The maximum Gasteiger partial charge on any atom is 0.222 e. The molecule has 0 unspecified atom stereocenters. The summed E-state index contributed by atoms with van der Waals surface area (Å²) in [6, 6.07) is 8.20. The number of methoxy groups -OCH3 is 1. The largest absolute Gasteiger partial charge is 0.380 e. The van der Waals surface area contributed by atoms with E-state index in [1.165, 1.54) is 12.8 Å². The highest BCUT2D eigenvalue weighted by atomic mass is 16.5. The van der Waals surface area contributed by atoms with Gasteiger partial charge in [0.2, 0.25) is 5.91 Å². The van der Waals surface area contributed by atoms with E-state index in [9.17, 15) is 4.79 Å². The Bertz CT molecular complexity index is 564. The molecule has 1 amide bonds. The van der Waals surface area contributed by atoms with E-state index in [-0.39, 0.29) is 11.4 Å². The third-order valence-corrected chi connectivity index (χ3v) is 5.50. The molecule has 2 fully saturated rings. The van der Waals surface area contributed by atoms with Crippen molar-refractivity contribution in [1.82, 2.24) is 10.2 Å². The van der Waals surface area contributed by atoms with Crippen molar-refractivity contribution < 1.29 is 14.3 Å². The van der Waals surface area contributed by atoms with Gasteiger partial charge in [0.25, 0.3) is 0 Å². The number of morpholine rings is 1. The summed E-state index contributed by atoms with van der Waals surface area (Å²) in [5.41, 5.74) is 2.30. The minimum atomic E-state index is 0.0474.